The van der Waals surface area contributed by atoms with Gasteiger partial charge in [-0.2, -0.15) is 0 Å². The monoisotopic (exact) mass is 792 g/mol. The van der Waals surface area contributed by atoms with Crippen molar-refractivity contribution in [2.75, 3.05) is 56.5 Å². The zero-order valence-corrected chi connectivity index (χ0v) is 32.6. The summed E-state index contributed by atoms with van der Waals surface area (Å²) in [5.74, 6) is -2.41. The van der Waals surface area contributed by atoms with Gasteiger partial charge < -0.3 is 20.9 Å². The number of rotatable bonds is 12. The number of fused-ring (bicyclic) bond motifs is 2. The van der Waals surface area contributed by atoms with Gasteiger partial charge >= 0.3 is 0 Å². The Hall–Kier alpha value is -6.93. The number of carbonyl (C=O) groups is 6. The number of nitrogens with zero attached hydrogens (tertiary/aromatic N) is 4. The summed E-state index contributed by atoms with van der Waals surface area (Å²) in [6, 6.07) is 27.3. The maximum absolute atomic E-state index is 13.6. The average Bonchev–Trinajstić information content (AvgIpc) is 3.52. The van der Waals surface area contributed by atoms with Gasteiger partial charge in [0.1, 0.15) is 6.04 Å². The third kappa shape index (κ3) is 7.99. The number of imide groups is 2. The fourth-order valence-electron chi connectivity index (χ4n) is 8.03. The molecule has 4 heterocycles. The molecular formula is C45H44N8O6. The van der Waals surface area contributed by atoms with Crippen LogP contribution in [0.1, 0.15) is 67.1 Å². The molecule has 0 spiro atoms. The molecule has 0 radical (unpaired) electrons. The minimum Gasteiger partial charge on any atom is -0.368 e. The number of unbranched alkanes of at least 4 members (excludes halogenated alkanes) is 1. The zero-order chi connectivity index (χ0) is 41.0. The lowest BCUT2D eigenvalue weighted by atomic mass is 9.99. The standard InChI is InChI=1S/C45H44N8O6/c1-46-42(56)34-27-48-35-17-16-30(26-33(35)40(34)49-31-8-3-2-4-9-31)28-12-14-29(15-13-28)41(55)47-20-5-6-21-51-22-24-52(25-23-51)36-11-7-10-32-39(36)45(59)53(44(32)58)37-18-19-38(54)50-43(37)57/h2-4,7-17,26-27,37H,5-6,18-25H2,1H3,(H,46,56)(H,47,55)(H,48,49)(H,50,54,57). The lowest BCUT2D eigenvalue weighted by Gasteiger charge is -2.36. The van der Waals surface area contributed by atoms with Gasteiger partial charge in [-0.1, -0.05) is 42.5 Å². The topological polar surface area (TPSA) is 173 Å². The van der Waals surface area contributed by atoms with Crippen LogP contribution in [0.5, 0.6) is 0 Å². The largest absolute Gasteiger partial charge is 0.368 e. The van der Waals surface area contributed by atoms with Crippen LogP contribution >= 0.6 is 0 Å². The summed E-state index contributed by atoms with van der Waals surface area (Å²) in [6.07, 6.45) is 3.48. The Morgan fingerprint density at radius 3 is 2.32 bits per heavy atom. The lowest BCUT2D eigenvalue weighted by Crippen LogP contribution is -2.54. The Kier molecular flexibility index (Phi) is 11.1. The summed E-state index contributed by atoms with van der Waals surface area (Å²) in [4.78, 5) is 86.9. The maximum Gasteiger partial charge on any atom is 0.264 e. The van der Waals surface area contributed by atoms with Gasteiger partial charge in [0, 0.05) is 69.0 Å². The van der Waals surface area contributed by atoms with E-state index in [1.54, 1.807) is 25.4 Å². The minimum absolute atomic E-state index is 0.0751. The molecule has 4 aromatic carbocycles. The first-order valence-electron chi connectivity index (χ1n) is 19.9. The molecule has 0 aliphatic carbocycles. The minimum atomic E-state index is -1.000. The van der Waals surface area contributed by atoms with E-state index in [1.165, 1.54) is 0 Å². The van der Waals surface area contributed by atoms with E-state index in [1.807, 2.05) is 78.9 Å². The molecule has 300 valence electrons. The summed E-state index contributed by atoms with van der Waals surface area (Å²) in [5, 5.41) is 12.2. The number of para-hydroxylation sites is 1. The van der Waals surface area contributed by atoms with Crippen LogP contribution in [0.25, 0.3) is 22.0 Å². The van der Waals surface area contributed by atoms with E-state index in [4.69, 9.17) is 0 Å². The molecule has 6 amide bonds. The van der Waals surface area contributed by atoms with Crippen LogP contribution in [0.2, 0.25) is 0 Å². The fourth-order valence-corrected chi connectivity index (χ4v) is 8.03. The highest BCUT2D eigenvalue weighted by atomic mass is 16.2. The number of nitrogens with one attached hydrogen (secondary N) is 4. The van der Waals surface area contributed by atoms with Gasteiger partial charge in [-0.25, -0.2) is 0 Å². The summed E-state index contributed by atoms with van der Waals surface area (Å²) in [5.41, 5.74) is 6.37. The Balaban J connectivity index is 0.822. The van der Waals surface area contributed by atoms with E-state index in [9.17, 15) is 28.8 Å². The predicted octanol–water partition coefficient (Wildman–Crippen LogP) is 4.74. The van der Waals surface area contributed by atoms with Gasteiger partial charge in [-0.05, 0) is 85.5 Å². The Bertz CT molecular complexity index is 2460. The van der Waals surface area contributed by atoms with Crippen molar-refractivity contribution >= 4 is 63.4 Å². The Morgan fingerprint density at radius 1 is 0.814 bits per heavy atom. The van der Waals surface area contributed by atoms with E-state index in [2.05, 4.69) is 36.1 Å². The summed E-state index contributed by atoms with van der Waals surface area (Å²) in [6.45, 7) is 4.29. The number of benzene rings is 4. The number of hydrogen-bond donors (Lipinski definition) is 4. The van der Waals surface area contributed by atoms with Gasteiger partial charge in [-0.3, -0.25) is 48.9 Å². The van der Waals surface area contributed by atoms with E-state index in [0.29, 0.717) is 47.7 Å². The van der Waals surface area contributed by atoms with E-state index in [-0.39, 0.29) is 30.2 Å². The summed E-state index contributed by atoms with van der Waals surface area (Å²) >= 11 is 0. The van der Waals surface area contributed by atoms with Crippen LogP contribution in [0.15, 0.2) is 97.2 Å². The van der Waals surface area contributed by atoms with Crippen molar-refractivity contribution in [2.24, 2.45) is 0 Å². The Morgan fingerprint density at radius 2 is 1.58 bits per heavy atom. The molecule has 1 atom stereocenters. The van der Waals surface area contributed by atoms with Gasteiger partial charge in [0.2, 0.25) is 11.8 Å². The smallest absolute Gasteiger partial charge is 0.264 e. The zero-order valence-electron chi connectivity index (χ0n) is 32.6. The van der Waals surface area contributed by atoms with E-state index >= 15 is 0 Å². The van der Waals surface area contributed by atoms with E-state index in [0.717, 1.165) is 65.1 Å². The van der Waals surface area contributed by atoms with Gasteiger partial charge in [0.05, 0.1) is 33.6 Å². The highest BCUT2D eigenvalue weighted by Crippen LogP contribution is 2.35. The van der Waals surface area contributed by atoms with Crippen molar-refractivity contribution in [2.45, 2.75) is 31.7 Å². The van der Waals surface area contributed by atoms with Crippen LogP contribution in [-0.4, -0.2) is 103 Å². The van der Waals surface area contributed by atoms with Crippen LogP contribution in [-0.2, 0) is 9.59 Å². The number of amides is 6. The first-order valence-corrected chi connectivity index (χ1v) is 19.9. The van der Waals surface area contributed by atoms with E-state index < -0.39 is 29.7 Å². The highest BCUT2D eigenvalue weighted by Gasteiger charge is 2.46. The molecule has 1 aromatic heterocycles. The third-order valence-electron chi connectivity index (χ3n) is 11.2. The molecule has 0 saturated carbocycles. The normalized spacial score (nSPS) is 16.9. The van der Waals surface area contributed by atoms with Crippen LogP contribution in [0.3, 0.4) is 0 Å². The lowest BCUT2D eigenvalue weighted by molar-refractivity contribution is -0.136. The molecular weight excluding hydrogens is 749 g/mol. The maximum atomic E-state index is 13.6. The molecule has 3 aliphatic rings. The SMILES string of the molecule is CNC(=O)c1cnc2ccc(-c3ccc(C(=O)NCCCCN4CCN(c5cccc6c5C(=O)N(C5CCC(=O)NC5=O)C6=O)CC4)cc3)cc2c1Nc1ccccc1. The first-order chi connectivity index (χ1) is 28.7. The number of aromatic nitrogens is 1. The summed E-state index contributed by atoms with van der Waals surface area (Å²) < 4.78 is 0. The molecule has 2 saturated heterocycles. The second-order valence-corrected chi connectivity index (χ2v) is 14.9. The van der Waals surface area contributed by atoms with Gasteiger partial charge in [0.25, 0.3) is 23.6 Å². The second-order valence-electron chi connectivity index (χ2n) is 14.9. The van der Waals surface area contributed by atoms with Gasteiger partial charge in [0.15, 0.2) is 0 Å². The van der Waals surface area contributed by atoms with Crippen LogP contribution in [0.4, 0.5) is 17.1 Å². The van der Waals surface area contributed by atoms with Crippen molar-refractivity contribution < 1.29 is 28.8 Å². The molecule has 4 N–H and O–H groups in total. The second kappa shape index (κ2) is 16.9. The molecule has 2 fully saturated rings. The number of hydrogen-bond acceptors (Lipinski definition) is 10. The molecule has 59 heavy (non-hydrogen) atoms. The predicted molar refractivity (Wildman–Crippen MR) is 224 cm³/mol. The fraction of sp³-hybridized carbons (Fsp3) is 0.267. The molecule has 5 aromatic rings. The molecule has 14 heteroatoms. The third-order valence-corrected chi connectivity index (χ3v) is 11.2. The molecule has 14 nitrogen and oxygen atoms in total. The number of carbonyl (C=O) groups excluding carboxylic acids is 6. The van der Waals surface area contributed by atoms with Crippen molar-refractivity contribution in [3.8, 4) is 11.1 Å². The number of piperidine rings is 1. The van der Waals surface area contributed by atoms with Crippen LogP contribution < -0.4 is 26.2 Å². The number of piperazine rings is 1. The van der Waals surface area contributed by atoms with Crippen molar-refractivity contribution in [3.05, 3.63) is 119 Å². The first kappa shape index (κ1) is 38.9. The molecule has 1 unspecified atom stereocenters. The summed E-state index contributed by atoms with van der Waals surface area (Å²) in [7, 11) is 1.59. The average molecular weight is 793 g/mol. The van der Waals surface area contributed by atoms with Crippen LogP contribution in [0, 0.1) is 0 Å². The number of pyridine rings is 1. The molecule has 8 rings (SSSR count). The number of anilines is 3. The molecule has 3 aliphatic heterocycles. The van der Waals surface area contributed by atoms with Gasteiger partial charge in [-0.15, -0.1) is 0 Å². The van der Waals surface area contributed by atoms with Crippen molar-refractivity contribution in [1.29, 1.82) is 0 Å². The quantitative estimate of drug-likeness (QED) is 0.102. The Labute approximate surface area is 341 Å². The highest BCUT2D eigenvalue weighted by molar-refractivity contribution is 6.25. The van der Waals surface area contributed by atoms with Crippen molar-refractivity contribution in [3.63, 3.8) is 0 Å². The molecule has 0 bridgehead atoms. The van der Waals surface area contributed by atoms with Crippen molar-refractivity contribution in [1.82, 2.24) is 30.7 Å².